The average Bonchev–Trinajstić information content (AvgIpc) is 2.28. The molecule has 18 heavy (non-hydrogen) atoms. The molecule has 1 N–H and O–H groups in total. The van der Waals surface area contributed by atoms with Crippen LogP contribution < -0.4 is 5.48 Å². The van der Waals surface area contributed by atoms with E-state index in [2.05, 4.69) is 4.84 Å². The van der Waals surface area contributed by atoms with Crippen LogP contribution in [0.5, 0.6) is 0 Å². The number of halogens is 3. The maximum atomic E-state index is 11.7. The van der Waals surface area contributed by atoms with Gasteiger partial charge in [-0.25, -0.2) is 5.48 Å². The summed E-state index contributed by atoms with van der Waals surface area (Å²) in [5.41, 5.74) is 2.50. The Hall–Kier alpha value is -1.60. The highest BCUT2D eigenvalue weighted by Crippen LogP contribution is 2.13. The minimum Gasteiger partial charge on any atom is -0.367 e. The van der Waals surface area contributed by atoms with Gasteiger partial charge in [0, 0.05) is 0 Å². The van der Waals surface area contributed by atoms with Crippen molar-refractivity contribution in [3.05, 3.63) is 35.9 Å². The van der Waals surface area contributed by atoms with Gasteiger partial charge >= 0.3 is 6.18 Å². The van der Waals surface area contributed by atoms with Crippen LogP contribution in [0.1, 0.15) is 5.56 Å². The third-order valence-electron chi connectivity index (χ3n) is 1.77. The van der Waals surface area contributed by atoms with E-state index in [1.165, 1.54) is 0 Å². The summed E-state index contributed by atoms with van der Waals surface area (Å²) >= 11 is 0. The molecule has 0 atom stereocenters. The summed E-state index contributed by atoms with van der Waals surface area (Å²) in [5, 5.41) is 0. The van der Waals surface area contributed by atoms with Crippen LogP contribution in [0.25, 0.3) is 0 Å². The van der Waals surface area contributed by atoms with Crippen molar-refractivity contribution in [2.45, 2.75) is 12.8 Å². The Balaban J connectivity index is 2.11. The van der Waals surface area contributed by atoms with E-state index in [0.717, 1.165) is 5.56 Å². The quantitative estimate of drug-likeness (QED) is 0.796. The first-order valence-corrected chi connectivity index (χ1v) is 5.06. The summed E-state index contributed by atoms with van der Waals surface area (Å²) in [7, 11) is 0. The van der Waals surface area contributed by atoms with E-state index in [1.54, 1.807) is 17.6 Å². The molecule has 0 unspecified atom stereocenters. The molecule has 1 aromatic rings. The Bertz CT molecular complexity index is 368. The molecule has 1 aromatic carbocycles. The zero-order valence-electron chi connectivity index (χ0n) is 9.37. The summed E-state index contributed by atoms with van der Waals surface area (Å²) < 4.78 is 40.0. The largest absolute Gasteiger partial charge is 0.414 e. The molecular weight excluding hydrogens is 251 g/mol. The second-order valence-electron chi connectivity index (χ2n) is 3.41. The molecule has 0 saturated carbocycles. The smallest absolute Gasteiger partial charge is 0.367 e. The molecule has 7 heteroatoms. The van der Waals surface area contributed by atoms with Crippen molar-refractivity contribution in [1.82, 2.24) is 5.48 Å². The van der Waals surface area contributed by atoms with E-state index in [-0.39, 0.29) is 13.2 Å². The van der Waals surface area contributed by atoms with Gasteiger partial charge in [-0.15, -0.1) is 0 Å². The lowest BCUT2D eigenvalue weighted by atomic mass is 10.2. The van der Waals surface area contributed by atoms with Gasteiger partial charge in [-0.05, 0) is 5.56 Å². The number of amides is 1. The van der Waals surface area contributed by atoms with Crippen molar-refractivity contribution < 1.29 is 27.5 Å². The minimum absolute atomic E-state index is 0.202. The molecule has 1 rings (SSSR count). The number of rotatable bonds is 6. The van der Waals surface area contributed by atoms with E-state index < -0.39 is 18.7 Å². The summed E-state index contributed by atoms with van der Waals surface area (Å²) in [4.78, 5) is 14.9. The molecule has 0 saturated heterocycles. The third kappa shape index (κ3) is 6.87. The molecule has 0 radical (unpaired) electrons. The lowest BCUT2D eigenvalue weighted by molar-refractivity contribution is -0.192. The van der Waals surface area contributed by atoms with Crippen LogP contribution in [-0.4, -0.2) is 25.3 Å². The fourth-order valence-electron chi connectivity index (χ4n) is 1.06. The molecular formula is C11H12F3NO3. The SMILES string of the molecule is O=C(COCc1ccccc1)NOCC(F)(F)F. The standard InChI is InChI=1S/C11H12F3NO3/c12-11(13,14)8-18-15-10(16)7-17-6-9-4-2-1-3-5-9/h1-5H,6-8H2,(H,15,16). The number of hydrogen-bond acceptors (Lipinski definition) is 3. The van der Waals surface area contributed by atoms with Crippen molar-refractivity contribution in [3.63, 3.8) is 0 Å². The molecule has 1 amide bonds. The van der Waals surface area contributed by atoms with Crippen molar-refractivity contribution in [2.24, 2.45) is 0 Å². The Morgan fingerprint density at radius 1 is 1.22 bits per heavy atom. The third-order valence-corrected chi connectivity index (χ3v) is 1.77. The second-order valence-corrected chi connectivity index (χ2v) is 3.41. The number of ether oxygens (including phenoxy) is 1. The van der Waals surface area contributed by atoms with Gasteiger partial charge in [0.1, 0.15) is 6.61 Å². The molecule has 0 fully saturated rings. The van der Waals surface area contributed by atoms with E-state index in [0.29, 0.717) is 0 Å². The van der Waals surface area contributed by atoms with Gasteiger partial charge in [-0.1, -0.05) is 30.3 Å². The van der Waals surface area contributed by atoms with E-state index in [1.807, 2.05) is 18.2 Å². The van der Waals surface area contributed by atoms with Crippen LogP contribution in [0.15, 0.2) is 30.3 Å². The number of carbonyl (C=O) groups excluding carboxylic acids is 1. The Kier molecular flexibility index (Phi) is 5.60. The maximum absolute atomic E-state index is 11.7. The fourth-order valence-corrected chi connectivity index (χ4v) is 1.06. The van der Waals surface area contributed by atoms with Crippen molar-refractivity contribution in [1.29, 1.82) is 0 Å². The first-order valence-electron chi connectivity index (χ1n) is 5.06. The van der Waals surface area contributed by atoms with Gasteiger partial charge in [0.2, 0.25) is 0 Å². The number of carbonyl (C=O) groups is 1. The highest BCUT2D eigenvalue weighted by molar-refractivity contribution is 5.76. The monoisotopic (exact) mass is 263 g/mol. The van der Waals surface area contributed by atoms with Gasteiger partial charge < -0.3 is 4.74 Å². The lowest BCUT2D eigenvalue weighted by Gasteiger charge is -2.08. The first-order chi connectivity index (χ1) is 8.47. The predicted octanol–water partition coefficient (Wildman–Crippen LogP) is 1.81. The minimum atomic E-state index is -4.47. The first kappa shape index (κ1) is 14.5. The molecule has 0 spiro atoms. The second kappa shape index (κ2) is 6.97. The van der Waals surface area contributed by atoms with Crippen LogP contribution >= 0.6 is 0 Å². The highest BCUT2D eigenvalue weighted by atomic mass is 19.4. The van der Waals surface area contributed by atoms with Crippen LogP contribution in [-0.2, 0) is 21.0 Å². The number of benzene rings is 1. The molecule has 0 aliphatic rings. The van der Waals surface area contributed by atoms with Crippen LogP contribution in [0.4, 0.5) is 13.2 Å². The molecule has 0 bridgehead atoms. The average molecular weight is 263 g/mol. The van der Waals surface area contributed by atoms with Gasteiger partial charge in [0.05, 0.1) is 6.61 Å². The number of alkyl halides is 3. The predicted molar refractivity (Wildman–Crippen MR) is 56.2 cm³/mol. The highest BCUT2D eigenvalue weighted by Gasteiger charge is 2.28. The summed E-state index contributed by atoms with van der Waals surface area (Å²) in [5.74, 6) is -0.768. The summed E-state index contributed by atoms with van der Waals surface area (Å²) in [6.07, 6.45) is -4.47. The molecule has 100 valence electrons. The van der Waals surface area contributed by atoms with Gasteiger partial charge in [-0.2, -0.15) is 13.2 Å². The normalized spacial score (nSPS) is 11.3. The van der Waals surface area contributed by atoms with Crippen LogP contribution in [0.3, 0.4) is 0 Å². The molecule has 4 nitrogen and oxygen atoms in total. The molecule has 0 aliphatic carbocycles. The van der Waals surface area contributed by atoms with E-state index in [4.69, 9.17) is 4.74 Å². The molecule has 0 aliphatic heterocycles. The number of hydroxylamine groups is 1. The fraction of sp³-hybridized carbons (Fsp3) is 0.364. The Morgan fingerprint density at radius 3 is 2.50 bits per heavy atom. The Morgan fingerprint density at radius 2 is 1.89 bits per heavy atom. The topological polar surface area (TPSA) is 47.6 Å². The van der Waals surface area contributed by atoms with Gasteiger partial charge in [0.15, 0.2) is 6.61 Å². The molecule has 0 aromatic heterocycles. The summed E-state index contributed by atoms with van der Waals surface area (Å²) in [6.45, 7) is -1.70. The van der Waals surface area contributed by atoms with Gasteiger partial charge in [-0.3, -0.25) is 9.63 Å². The van der Waals surface area contributed by atoms with Crippen molar-refractivity contribution >= 4 is 5.91 Å². The lowest BCUT2D eigenvalue weighted by Crippen LogP contribution is -2.32. The summed E-state index contributed by atoms with van der Waals surface area (Å²) in [6, 6.07) is 9.06. The van der Waals surface area contributed by atoms with Crippen molar-refractivity contribution in [2.75, 3.05) is 13.2 Å². The van der Waals surface area contributed by atoms with E-state index >= 15 is 0 Å². The number of nitrogens with one attached hydrogen (secondary N) is 1. The Labute approximate surface area is 102 Å². The zero-order chi connectivity index (χ0) is 13.4. The van der Waals surface area contributed by atoms with Crippen molar-refractivity contribution in [3.8, 4) is 0 Å². The van der Waals surface area contributed by atoms with Crippen LogP contribution in [0, 0.1) is 0 Å². The van der Waals surface area contributed by atoms with Crippen LogP contribution in [0.2, 0.25) is 0 Å². The van der Waals surface area contributed by atoms with E-state index in [9.17, 15) is 18.0 Å². The zero-order valence-corrected chi connectivity index (χ0v) is 9.37. The maximum Gasteiger partial charge on any atom is 0.414 e. The number of hydrogen-bond donors (Lipinski definition) is 1. The van der Waals surface area contributed by atoms with Gasteiger partial charge in [0.25, 0.3) is 5.91 Å². The molecule has 0 heterocycles.